The molecule has 0 heterocycles. The van der Waals surface area contributed by atoms with Crippen LogP contribution in [0, 0.1) is 0 Å². The number of nitrogens with zero attached hydrogens (tertiary/aromatic N) is 1. The van der Waals surface area contributed by atoms with Crippen molar-refractivity contribution in [2.24, 2.45) is 0 Å². The molecule has 0 N–H and O–H groups in total. The minimum absolute atomic E-state index is 0.541. The van der Waals surface area contributed by atoms with Crippen LogP contribution >= 0.6 is 0 Å². The number of fused-ring (bicyclic) bond motifs is 4. The number of benzene rings is 10. The zero-order chi connectivity index (χ0) is 39.9. The number of anilines is 3. The third-order valence-corrected chi connectivity index (χ3v) is 12.3. The molecule has 0 aliphatic heterocycles. The van der Waals surface area contributed by atoms with E-state index in [9.17, 15) is 0 Å². The molecule has 1 heteroatoms. The molecular formula is C59H41N. The third-order valence-electron chi connectivity index (χ3n) is 12.3. The van der Waals surface area contributed by atoms with Crippen LogP contribution in [0.1, 0.15) is 22.3 Å². The Balaban J connectivity index is 1.21. The molecule has 0 aromatic heterocycles. The van der Waals surface area contributed by atoms with Gasteiger partial charge >= 0.3 is 0 Å². The highest BCUT2D eigenvalue weighted by Gasteiger charge is 2.47. The SMILES string of the molecule is c1ccc(-c2cccc(N(c3ccccc3)c3cc(-c4ccccc4)ccc3-c3cccc4c3-c3ccccc3C4(c3ccccc3)c3ccc4ccccc4c3)c2)cc1. The van der Waals surface area contributed by atoms with Crippen LogP contribution in [-0.4, -0.2) is 0 Å². The van der Waals surface area contributed by atoms with Crippen molar-refractivity contribution >= 4 is 27.8 Å². The minimum Gasteiger partial charge on any atom is -0.310 e. The van der Waals surface area contributed by atoms with Crippen molar-refractivity contribution in [3.63, 3.8) is 0 Å². The topological polar surface area (TPSA) is 3.24 Å². The van der Waals surface area contributed by atoms with E-state index >= 15 is 0 Å². The van der Waals surface area contributed by atoms with Gasteiger partial charge in [0.05, 0.1) is 11.1 Å². The van der Waals surface area contributed by atoms with Gasteiger partial charge in [-0.25, -0.2) is 0 Å². The van der Waals surface area contributed by atoms with Gasteiger partial charge in [0.2, 0.25) is 0 Å². The first kappa shape index (κ1) is 35.4. The van der Waals surface area contributed by atoms with E-state index in [4.69, 9.17) is 0 Å². The molecule has 0 amide bonds. The molecule has 0 radical (unpaired) electrons. The Labute approximate surface area is 352 Å². The fourth-order valence-corrected chi connectivity index (χ4v) is 9.67. The zero-order valence-electron chi connectivity index (χ0n) is 33.1. The zero-order valence-corrected chi connectivity index (χ0v) is 33.1. The van der Waals surface area contributed by atoms with E-state index in [-0.39, 0.29) is 0 Å². The summed E-state index contributed by atoms with van der Waals surface area (Å²) in [6, 6.07) is 91.2. The molecule has 1 unspecified atom stereocenters. The second kappa shape index (κ2) is 14.9. The molecule has 0 fully saturated rings. The van der Waals surface area contributed by atoms with Crippen molar-refractivity contribution in [1.82, 2.24) is 0 Å². The first-order valence-electron chi connectivity index (χ1n) is 20.8. The van der Waals surface area contributed by atoms with Gasteiger partial charge < -0.3 is 4.90 Å². The van der Waals surface area contributed by atoms with Crippen LogP contribution in [0.4, 0.5) is 17.1 Å². The van der Waals surface area contributed by atoms with Gasteiger partial charge in [-0.05, 0) is 108 Å². The van der Waals surface area contributed by atoms with Crippen molar-refractivity contribution in [3.8, 4) is 44.5 Å². The molecule has 1 nitrogen and oxygen atoms in total. The molecule has 0 bridgehead atoms. The summed E-state index contributed by atoms with van der Waals surface area (Å²) in [5, 5.41) is 2.48. The lowest BCUT2D eigenvalue weighted by Gasteiger charge is -2.34. The first-order valence-corrected chi connectivity index (χ1v) is 20.8. The second-order valence-electron chi connectivity index (χ2n) is 15.6. The van der Waals surface area contributed by atoms with Crippen LogP contribution in [0.25, 0.3) is 55.3 Å². The maximum Gasteiger partial charge on any atom is 0.0714 e. The molecule has 0 saturated carbocycles. The van der Waals surface area contributed by atoms with Gasteiger partial charge in [-0.3, -0.25) is 0 Å². The lowest BCUT2D eigenvalue weighted by molar-refractivity contribution is 0.770. The van der Waals surface area contributed by atoms with Gasteiger partial charge in [0.15, 0.2) is 0 Å². The van der Waals surface area contributed by atoms with Crippen LogP contribution in [0.5, 0.6) is 0 Å². The molecule has 11 rings (SSSR count). The van der Waals surface area contributed by atoms with Crippen LogP contribution in [0.15, 0.2) is 249 Å². The molecule has 282 valence electrons. The average molecular weight is 764 g/mol. The van der Waals surface area contributed by atoms with Crippen LogP contribution in [0.3, 0.4) is 0 Å². The smallest absolute Gasteiger partial charge is 0.0714 e. The van der Waals surface area contributed by atoms with Gasteiger partial charge in [-0.15, -0.1) is 0 Å². The number of hydrogen-bond donors (Lipinski definition) is 0. The highest BCUT2D eigenvalue weighted by molar-refractivity contribution is 6.01. The van der Waals surface area contributed by atoms with Gasteiger partial charge in [0.25, 0.3) is 0 Å². The Hall–Kier alpha value is -7.74. The monoisotopic (exact) mass is 763 g/mol. The Morgan fingerprint density at radius 3 is 1.58 bits per heavy atom. The van der Waals surface area contributed by atoms with Gasteiger partial charge in [-0.1, -0.05) is 212 Å². The molecule has 10 aromatic carbocycles. The minimum atomic E-state index is -0.541. The summed E-state index contributed by atoms with van der Waals surface area (Å²) in [5.41, 5.74) is 17.5. The summed E-state index contributed by atoms with van der Waals surface area (Å²) in [6.45, 7) is 0. The molecule has 0 spiro atoms. The predicted octanol–water partition coefficient (Wildman–Crippen LogP) is 15.7. The second-order valence-corrected chi connectivity index (χ2v) is 15.6. The molecule has 1 atom stereocenters. The van der Waals surface area contributed by atoms with E-state index in [0.717, 1.165) is 28.2 Å². The quantitative estimate of drug-likeness (QED) is 0.149. The highest BCUT2D eigenvalue weighted by atomic mass is 15.1. The Bertz CT molecular complexity index is 3140. The van der Waals surface area contributed by atoms with Crippen molar-refractivity contribution in [2.75, 3.05) is 4.90 Å². The fourth-order valence-electron chi connectivity index (χ4n) is 9.67. The first-order chi connectivity index (χ1) is 29.8. The van der Waals surface area contributed by atoms with E-state index in [1.54, 1.807) is 0 Å². The van der Waals surface area contributed by atoms with E-state index in [2.05, 4.69) is 254 Å². The summed E-state index contributed by atoms with van der Waals surface area (Å²) >= 11 is 0. The lowest BCUT2D eigenvalue weighted by Crippen LogP contribution is -2.28. The van der Waals surface area contributed by atoms with E-state index < -0.39 is 5.41 Å². The summed E-state index contributed by atoms with van der Waals surface area (Å²) < 4.78 is 0. The van der Waals surface area contributed by atoms with Crippen LogP contribution < -0.4 is 4.90 Å². The Morgan fingerprint density at radius 1 is 0.283 bits per heavy atom. The maximum atomic E-state index is 2.45. The number of para-hydroxylation sites is 1. The van der Waals surface area contributed by atoms with Crippen molar-refractivity contribution in [2.45, 2.75) is 5.41 Å². The maximum absolute atomic E-state index is 2.45. The van der Waals surface area contributed by atoms with Crippen molar-refractivity contribution < 1.29 is 0 Å². The standard InChI is InChI=1S/C59H41N/c1-5-19-42(20-6-1)46-25-17-30-51(40-46)60(50-28-11-4-12-29-50)57-41-47(43-21-7-2-8-22-43)36-38-52(57)53-32-18-34-56-58(53)54-31-15-16-33-55(54)59(56,48-26-9-3-10-27-48)49-37-35-44-23-13-14-24-45(44)39-49/h1-41H. The van der Waals surface area contributed by atoms with Gasteiger partial charge in [-0.2, -0.15) is 0 Å². The van der Waals surface area contributed by atoms with Crippen molar-refractivity contribution in [3.05, 3.63) is 271 Å². The van der Waals surface area contributed by atoms with Gasteiger partial charge in [0.1, 0.15) is 0 Å². The molecule has 10 aromatic rings. The summed E-state index contributed by atoms with van der Waals surface area (Å²) in [4.78, 5) is 2.45. The molecule has 0 saturated heterocycles. The predicted molar refractivity (Wildman–Crippen MR) is 252 cm³/mol. The molecule has 1 aliphatic carbocycles. The molecular weight excluding hydrogens is 723 g/mol. The normalized spacial score (nSPS) is 14.1. The van der Waals surface area contributed by atoms with Crippen LogP contribution in [0.2, 0.25) is 0 Å². The summed E-state index contributed by atoms with van der Waals surface area (Å²) in [6.07, 6.45) is 0. The van der Waals surface area contributed by atoms with E-state index in [1.165, 1.54) is 66.4 Å². The van der Waals surface area contributed by atoms with E-state index in [1.807, 2.05) is 0 Å². The third kappa shape index (κ3) is 5.86. The van der Waals surface area contributed by atoms with Crippen molar-refractivity contribution in [1.29, 1.82) is 0 Å². The Kier molecular flexibility index (Phi) is 8.79. The Morgan fingerprint density at radius 2 is 0.833 bits per heavy atom. The average Bonchev–Trinajstić information content (AvgIpc) is 3.64. The number of hydrogen-bond acceptors (Lipinski definition) is 1. The largest absolute Gasteiger partial charge is 0.310 e. The molecule has 1 aliphatic rings. The lowest BCUT2D eigenvalue weighted by atomic mass is 9.67. The summed E-state index contributed by atoms with van der Waals surface area (Å²) in [5.74, 6) is 0. The fraction of sp³-hybridized carbons (Fsp3) is 0.0169. The summed E-state index contributed by atoms with van der Waals surface area (Å²) in [7, 11) is 0. The molecule has 60 heavy (non-hydrogen) atoms. The number of rotatable bonds is 8. The van der Waals surface area contributed by atoms with E-state index in [0.29, 0.717) is 0 Å². The van der Waals surface area contributed by atoms with Crippen LogP contribution in [-0.2, 0) is 5.41 Å². The highest BCUT2D eigenvalue weighted by Crippen LogP contribution is 2.59. The van der Waals surface area contributed by atoms with Gasteiger partial charge in [0, 0.05) is 16.9 Å².